The van der Waals surface area contributed by atoms with Gasteiger partial charge in [-0.25, -0.2) is 4.98 Å². The Kier molecular flexibility index (Phi) is 2.87. The smallest absolute Gasteiger partial charge is 0.268 e. The van der Waals surface area contributed by atoms with Crippen LogP contribution in [0.1, 0.15) is 16.1 Å². The number of primary amides is 1. The molecule has 0 aliphatic rings. The van der Waals surface area contributed by atoms with Gasteiger partial charge in [-0.2, -0.15) is 0 Å². The normalized spacial score (nSPS) is 10.7. The van der Waals surface area contributed by atoms with Gasteiger partial charge in [0.05, 0.1) is 12.4 Å². The average Bonchev–Trinajstić information content (AvgIpc) is 2.47. The van der Waals surface area contributed by atoms with Gasteiger partial charge < -0.3 is 5.73 Å². The number of hydrogen-bond donors (Lipinski definition) is 1. The second kappa shape index (κ2) is 4.70. The maximum absolute atomic E-state index is 11.2. The molecule has 3 aromatic rings. The number of pyridine rings is 1. The summed E-state index contributed by atoms with van der Waals surface area (Å²) in [4.78, 5) is 23.9. The van der Waals surface area contributed by atoms with Gasteiger partial charge in [0.25, 0.3) is 5.91 Å². The van der Waals surface area contributed by atoms with Crippen LogP contribution in [0.15, 0.2) is 42.9 Å². The summed E-state index contributed by atoms with van der Waals surface area (Å²) in [6, 6.07) is 8.01. The quantitative estimate of drug-likeness (QED) is 0.768. The Balaban J connectivity index is 2.26. The minimum atomic E-state index is -0.592. The van der Waals surface area contributed by atoms with Crippen molar-refractivity contribution >= 4 is 16.9 Å². The van der Waals surface area contributed by atoms with E-state index >= 15 is 0 Å². The van der Waals surface area contributed by atoms with Crippen LogP contribution in [0.4, 0.5) is 0 Å². The molecule has 0 fully saturated rings. The van der Waals surface area contributed by atoms with E-state index in [-0.39, 0.29) is 5.69 Å². The first-order valence-corrected chi connectivity index (χ1v) is 6.13. The van der Waals surface area contributed by atoms with E-state index in [1.165, 1.54) is 11.8 Å². The average molecular weight is 264 g/mol. The van der Waals surface area contributed by atoms with Gasteiger partial charge in [-0.1, -0.05) is 29.8 Å². The number of benzene rings is 1. The summed E-state index contributed by atoms with van der Waals surface area (Å²) in [5.74, 6) is -0.592. The van der Waals surface area contributed by atoms with Gasteiger partial charge >= 0.3 is 0 Å². The number of nitrogens with zero attached hydrogens (tertiary/aromatic N) is 3. The van der Waals surface area contributed by atoms with Gasteiger partial charge in [0.15, 0.2) is 0 Å². The van der Waals surface area contributed by atoms with Crippen LogP contribution in [-0.4, -0.2) is 20.9 Å². The summed E-state index contributed by atoms with van der Waals surface area (Å²) in [6.45, 7) is 2.02. The molecule has 0 aliphatic carbocycles. The Hall–Kier alpha value is -2.82. The molecule has 0 saturated carbocycles. The fourth-order valence-corrected chi connectivity index (χ4v) is 2.00. The van der Waals surface area contributed by atoms with Gasteiger partial charge in [-0.3, -0.25) is 14.8 Å². The highest BCUT2D eigenvalue weighted by Gasteiger charge is 2.10. The van der Waals surface area contributed by atoms with Crippen molar-refractivity contribution in [3.63, 3.8) is 0 Å². The molecule has 2 N–H and O–H groups in total. The van der Waals surface area contributed by atoms with Crippen molar-refractivity contribution in [2.75, 3.05) is 0 Å². The maximum Gasteiger partial charge on any atom is 0.268 e. The van der Waals surface area contributed by atoms with Gasteiger partial charge in [-0.15, -0.1) is 0 Å². The third kappa shape index (κ3) is 2.09. The predicted octanol–water partition coefficient (Wildman–Crippen LogP) is 2.10. The topological polar surface area (TPSA) is 81.8 Å². The van der Waals surface area contributed by atoms with Crippen molar-refractivity contribution in [1.82, 2.24) is 15.0 Å². The molecule has 3 rings (SSSR count). The molecule has 0 unspecified atom stereocenters. The number of hydrogen-bond acceptors (Lipinski definition) is 4. The van der Waals surface area contributed by atoms with E-state index in [4.69, 9.17) is 5.73 Å². The largest absolute Gasteiger partial charge is 0.364 e. The number of carbonyl (C=O) groups is 1. The summed E-state index contributed by atoms with van der Waals surface area (Å²) in [5.41, 5.74) is 9.64. The van der Waals surface area contributed by atoms with Crippen LogP contribution >= 0.6 is 0 Å². The zero-order chi connectivity index (χ0) is 14.1. The summed E-state index contributed by atoms with van der Waals surface area (Å²) >= 11 is 0. The highest BCUT2D eigenvalue weighted by molar-refractivity contribution is 5.95. The SMILES string of the molecule is Cc1ccc(-c2cncc3ncc(C(N)=O)nc23)cc1. The van der Waals surface area contributed by atoms with Crippen molar-refractivity contribution in [3.8, 4) is 11.1 Å². The van der Waals surface area contributed by atoms with E-state index in [1.807, 2.05) is 31.2 Å². The third-order valence-corrected chi connectivity index (χ3v) is 3.07. The number of aryl methyl sites for hydroxylation is 1. The van der Waals surface area contributed by atoms with E-state index in [0.717, 1.165) is 11.1 Å². The first-order valence-electron chi connectivity index (χ1n) is 6.13. The molecule has 0 aliphatic heterocycles. The Morgan fingerprint density at radius 3 is 2.55 bits per heavy atom. The van der Waals surface area contributed by atoms with Crippen molar-refractivity contribution in [2.45, 2.75) is 6.92 Å². The first kappa shape index (κ1) is 12.2. The molecule has 5 heteroatoms. The standard InChI is InChI=1S/C15H12N4O/c1-9-2-4-10(5-3-9)11-6-17-7-12-14(11)19-13(8-18-12)15(16)20/h2-8H,1H3,(H2,16,20). The lowest BCUT2D eigenvalue weighted by Gasteiger charge is -2.06. The Labute approximate surface area is 115 Å². The highest BCUT2D eigenvalue weighted by Crippen LogP contribution is 2.25. The summed E-state index contributed by atoms with van der Waals surface area (Å²) in [5, 5.41) is 0. The van der Waals surface area contributed by atoms with Crippen LogP contribution in [0.25, 0.3) is 22.2 Å². The number of rotatable bonds is 2. The summed E-state index contributed by atoms with van der Waals surface area (Å²) < 4.78 is 0. The second-order valence-corrected chi connectivity index (χ2v) is 4.54. The van der Waals surface area contributed by atoms with Crippen LogP contribution in [0.3, 0.4) is 0 Å². The Bertz CT molecular complexity index is 797. The van der Waals surface area contributed by atoms with Crippen molar-refractivity contribution in [3.05, 3.63) is 54.1 Å². The molecule has 5 nitrogen and oxygen atoms in total. The number of carbonyl (C=O) groups excluding carboxylic acids is 1. The van der Waals surface area contributed by atoms with Gasteiger partial charge in [0.1, 0.15) is 16.7 Å². The highest BCUT2D eigenvalue weighted by atomic mass is 16.1. The Morgan fingerprint density at radius 1 is 1.10 bits per heavy atom. The molecule has 0 spiro atoms. The molecule has 2 aromatic heterocycles. The molecule has 1 aromatic carbocycles. The third-order valence-electron chi connectivity index (χ3n) is 3.07. The number of aromatic nitrogens is 3. The summed E-state index contributed by atoms with van der Waals surface area (Å²) in [7, 11) is 0. The lowest BCUT2D eigenvalue weighted by atomic mass is 10.0. The van der Waals surface area contributed by atoms with E-state index in [1.54, 1.807) is 12.4 Å². The molecule has 0 radical (unpaired) electrons. The summed E-state index contributed by atoms with van der Waals surface area (Å²) in [6.07, 6.45) is 4.70. The van der Waals surface area contributed by atoms with Crippen LogP contribution in [0, 0.1) is 6.92 Å². The fourth-order valence-electron chi connectivity index (χ4n) is 2.00. The van der Waals surface area contributed by atoms with Crippen LogP contribution in [0.2, 0.25) is 0 Å². The van der Waals surface area contributed by atoms with E-state index in [9.17, 15) is 4.79 Å². The first-order chi connectivity index (χ1) is 9.65. The molecule has 0 atom stereocenters. The van der Waals surface area contributed by atoms with Crippen LogP contribution < -0.4 is 5.73 Å². The zero-order valence-electron chi connectivity index (χ0n) is 10.9. The molecule has 1 amide bonds. The molecular weight excluding hydrogens is 252 g/mol. The lowest BCUT2D eigenvalue weighted by Crippen LogP contribution is -2.13. The van der Waals surface area contributed by atoms with Gasteiger partial charge in [0, 0.05) is 11.8 Å². The van der Waals surface area contributed by atoms with Crippen LogP contribution in [-0.2, 0) is 0 Å². The molecule has 98 valence electrons. The molecule has 0 bridgehead atoms. The van der Waals surface area contributed by atoms with Crippen molar-refractivity contribution in [1.29, 1.82) is 0 Å². The van der Waals surface area contributed by atoms with E-state index < -0.39 is 5.91 Å². The lowest BCUT2D eigenvalue weighted by molar-refractivity contribution is 0.0995. The molecule has 0 saturated heterocycles. The number of amides is 1. The molecular formula is C15H12N4O. The monoisotopic (exact) mass is 264 g/mol. The molecule has 2 heterocycles. The maximum atomic E-state index is 11.2. The van der Waals surface area contributed by atoms with Crippen molar-refractivity contribution < 1.29 is 4.79 Å². The number of nitrogens with two attached hydrogens (primary N) is 1. The molecule has 20 heavy (non-hydrogen) atoms. The van der Waals surface area contributed by atoms with E-state index in [2.05, 4.69) is 15.0 Å². The Morgan fingerprint density at radius 2 is 1.85 bits per heavy atom. The minimum absolute atomic E-state index is 0.150. The number of fused-ring (bicyclic) bond motifs is 1. The predicted molar refractivity (Wildman–Crippen MR) is 76.0 cm³/mol. The van der Waals surface area contributed by atoms with Crippen LogP contribution in [0.5, 0.6) is 0 Å². The minimum Gasteiger partial charge on any atom is -0.364 e. The second-order valence-electron chi connectivity index (χ2n) is 4.54. The van der Waals surface area contributed by atoms with Crippen molar-refractivity contribution in [2.24, 2.45) is 5.73 Å². The van der Waals surface area contributed by atoms with Gasteiger partial charge in [-0.05, 0) is 12.5 Å². The van der Waals surface area contributed by atoms with Gasteiger partial charge in [0.2, 0.25) is 0 Å². The van der Waals surface area contributed by atoms with E-state index in [0.29, 0.717) is 11.0 Å². The zero-order valence-corrected chi connectivity index (χ0v) is 10.9. The fraction of sp³-hybridized carbons (Fsp3) is 0.0667.